The number of rotatable bonds is 5. The van der Waals surface area contributed by atoms with Crippen LogP contribution in [0.5, 0.6) is 5.88 Å². The van der Waals surface area contributed by atoms with Crippen molar-refractivity contribution in [1.29, 1.82) is 0 Å². The van der Waals surface area contributed by atoms with Crippen LogP contribution >= 0.6 is 11.6 Å². The molecular formula is C22H28ClFN2O3. The zero-order valence-corrected chi connectivity index (χ0v) is 17.8. The molecule has 0 spiro atoms. The highest BCUT2D eigenvalue weighted by Crippen LogP contribution is 2.25. The second kappa shape index (κ2) is 11.1. The van der Waals surface area contributed by atoms with Gasteiger partial charge >= 0.3 is 0 Å². The molecule has 1 aliphatic heterocycles. The Morgan fingerprint density at radius 3 is 2.55 bits per heavy atom. The summed E-state index contributed by atoms with van der Waals surface area (Å²) in [4.78, 5) is 14.2. The second-order valence-electron chi connectivity index (χ2n) is 7.78. The highest BCUT2D eigenvalue weighted by atomic mass is 35.5. The van der Waals surface area contributed by atoms with E-state index in [0.717, 1.165) is 31.6 Å². The molecule has 0 saturated carbocycles. The summed E-state index contributed by atoms with van der Waals surface area (Å²) in [5.41, 5.74) is 1.20. The van der Waals surface area contributed by atoms with Gasteiger partial charge in [-0.2, -0.15) is 0 Å². The summed E-state index contributed by atoms with van der Waals surface area (Å²) in [6, 6.07) is 10.4. The molecule has 0 atom stereocenters. The first-order valence-electron chi connectivity index (χ1n) is 9.64. The molecule has 0 radical (unpaired) electrons. The molecule has 2 aromatic rings. The summed E-state index contributed by atoms with van der Waals surface area (Å²) in [7, 11) is 0. The fourth-order valence-electron chi connectivity index (χ4n) is 2.79. The largest absolute Gasteiger partial charge is 0.473 e. The van der Waals surface area contributed by atoms with Crippen LogP contribution < -0.4 is 10.1 Å². The zero-order chi connectivity index (χ0) is 21.3. The van der Waals surface area contributed by atoms with Crippen LogP contribution in [0.25, 0.3) is 0 Å². The molecule has 3 rings (SSSR count). The average molecular weight is 423 g/mol. The van der Waals surface area contributed by atoms with Crippen molar-refractivity contribution in [1.82, 2.24) is 10.3 Å². The Hall–Kier alpha value is -2.18. The number of hydrogen-bond donors (Lipinski definition) is 1. The molecule has 5 nitrogen and oxygen atoms in total. The standard InChI is InChI=1S/C17H18ClFN2O.C5H10O2/c18-14-5-4-13(15(19)10-14)11-22-17-3-1-2-16(21-17)12-6-8-20-9-7-12;1-5(2,3)7-4-6/h1-5,10,12,20H,6-9,11H2;4H,1-3H3. The first-order chi connectivity index (χ1) is 13.8. The molecule has 1 saturated heterocycles. The minimum Gasteiger partial charge on any atom is -0.473 e. The van der Waals surface area contributed by atoms with Gasteiger partial charge in [0.1, 0.15) is 18.0 Å². The van der Waals surface area contributed by atoms with Crippen LogP contribution in [0.2, 0.25) is 5.02 Å². The van der Waals surface area contributed by atoms with Crippen molar-refractivity contribution >= 4 is 18.1 Å². The number of aromatic nitrogens is 1. The van der Waals surface area contributed by atoms with Crippen molar-refractivity contribution in [3.63, 3.8) is 0 Å². The summed E-state index contributed by atoms with van der Waals surface area (Å²) in [6.07, 6.45) is 2.17. The van der Waals surface area contributed by atoms with Gasteiger partial charge in [-0.1, -0.05) is 23.7 Å². The van der Waals surface area contributed by atoms with Gasteiger partial charge in [0.15, 0.2) is 0 Å². The molecule has 1 N–H and O–H groups in total. The number of halogens is 2. The van der Waals surface area contributed by atoms with Gasteiger partial charge in [-0.25, -0.2) is 9.37 Å². The second-order valence-corrected chi connectivity index (χ2v) is 8.21. The maximum Gasteiger partial charge on any atom is 0.293 e. The van der Waals surface area contributed by atoms with Crippen LogP contribution in [-0.2, 0) is 16.1 Å². The molecule has 1 aromatic carbocycles. The Morgan fingerprint density at radius 1 is 1.24 bits per heavy atom. The number of hydrogen-bond acceptors (Lipinski definition) is 5. The molecule has 0 aliphatic carbocycles. The molecule has 1 aromatic heterocycles. The predicted molar refractivity (Wildman–Crippen MR) is 112 cm³/mol. The van der Waals surface area contributed by atoms with E-state index in [0.29, 0.717) is 28.9 Å². The van der Waals surface area contributed by atoms with Crippen LogP contribution in [0.1, 0.15) is 50.8 Å². The molecule has 0 amide bonds. The van der Waals surface area contributed by atoms with Gasteiger partial charge in [-0.3, -0.25) is 4.79 Å². The van der Waals surface area contributed by atoms with E-state index in [-0.39, 0.29) is 18.0 Å². The number of carbonyl (C=O) groups excluding carboxylic acids is 1. The lowest BCUT2D eigenvalue weighted by molar-refractivity contribution is -0.138. The van der Waals surface area contributed by atoms with E-state index >= 15 is 0 Å². The Morgan fingerprint density at radius 2 is 1.97 bits per heavy atom. The highest BCUT2D eigenvalue weighted by Gasteiger charge is 2.17. The minimum atomic E-state index is -0.359. The normalized spacial score (nSPS) is 14.5. The SMILES string of the molecule is CC(C)(C)OC=O.Fc1cc(Cl)ccc1COc1cccc(C2CCNCC2)n1. The van der Waals surface area contributed by atoms with Gasteiger partial charge < -0.3 is 14.8 Å². The van der Waals surface area contributed by atoms with E-state index in [1.54, 1.807) is 18.2 Å². The van der Waals surface area contributed by atoms with Crippen LogP contribution in [-0.4, -0.2) is 30.1 Å². The molecule has 158 valence electrons. The summed E-state index contributed by atoms with van der Waals surface area (Å²) < 4.78 is 23.9. The molecule has 29 heavy (non-hydrogen) atoms. The van der Waals surface area contributed by atoms with Gasteiger partial charge in [-0.05, 0) is 64.9 Å². The Bertz CT molecular complexity index is 790. The van der Waals surface area contributed by atoms with Crippen molar-refractivity contribution in [2.75, 3.05) is 13.1 Å². The van der Waals surface area contributed by atoms with Gasteiger partial charge in [0.25, 0.3) is 6.47 Å². The maximum atomic E-state index is 13.7. The van der Waals surface area contributed by atoms with Gasteiger partial charge in [0.05, 0.1) is 0 Å². The van der Waals surface area contributed by atoms with E-state index < -0.39 is 0 Å². The third kappa shape index (κ3) is 8.38. The third-order valence-corrected chi connectivity index (χ3v) is 4.53. The van der Waals surface area contributed by atoms with Crippen molar-refractivity contribution in [2.45, 2.75) is 51.7 Å². The van der Waals surface area contributed by atoms with Gasteiger partial charge in [0.2, 0.25) is 5.88 Å². The number of benzene rings is 1. The topological polar surface area (TPSA) is 60.5 Å². The lowest BCUT2D eigenvalue weighted by atomic mass is 9.94. The van der Waals surface area contributed by atoms with Crippen LogP contribution in [0.4, 0.5) is 4.39 Å². The molecule has 1 aliphatic rings. The fourth-order valence-corrected chi connectivity index (χ4v) is 2.95. The maximum absolute atomic E-state index is 13.7. The monoisotopic (exact) mass is 422 g/mol. The number of carbonyl (C=O) groups is 1. The van der Waals surface area contributed by atoms with Crippen molar-refractivity contribution in [3.05, 3.63) is 58.5 Å². The molecule has 7 heteroatoms. The number of piperidine rings is 1. The molecule has 0 bridgehead atoms. The number of pyridine rings is 1. The first kappa shape index (κ1) is 23.1. The van der Waals surface area contributed by atoms with E-state index in [1.165, 1.54) is 6.07 Å². The quantitative estimate of drug-likeness (QED) is 0.696. The summed E-state index contributed by atoms with van der Waals surface area (Å²) >= 11 is 5.74. The van der Waals surface area contributed by atoms with Gasteiger partial charge in [0, 0.05) is 28.3 Å². The third-order valence-electron chi connectivity index (χ3n) is 4.29. The Labute approximate surface area is 176 Å². The molecular weight excluding hydrogens is 395 g/mol. The number of nitrogens with zero attached hydrogens (tertiary/aromatic N) is 1. The molecule has 0 unspecified atom stereocenters. The smallest absolute Gasteiger partial charge is 0.293 e. The van der Waals surface area contributed by atoms with Gasteiger partial charge in [-0.15, -0.1) is 0 Å². The van der Waals surface area contributed by atoms with Crippen LogP contribution in [0.3, 0.4) is 0 Å². The number of nitrogens with one attached hydrogen (secondary N) is 1. The lowest BCUT2D eigenvalue weighted by Crippen LogP contribution is -2.27. The van der Waals surface area contributed by atoms with E-state index in [4.69, 9.17) is 16.3 Å². The zero-order valence-electron chi connectivity index (χ0n) is 17.1. The fraction of sp³-hybridized carbons (Fsp3) is 0.455. The summed E-state index contributed by atoms with van der Waals surface area (Å²) in [5.74, 6) is 0.643. The molecule has 2 heterocycles. The number of ether oxygens (including phenoxy) is 2. The van der Waals surface area contributed by atoms with Crippen LogP contribution in [0.15, 0.2) is 36.4 Å². The van der Waals surface area contributed by atoms with E-state index in [2.05, 4.69) is 15.0 Å². The van der Waals surface area contributed by atoms with Crippen molar-refractivity contribution in [3.8, 4) is 5.88 Å². The van der Waals surface area contributed by atoms with Crippen LogP contribution in [0, 0.1) is 5.82 Å². The van der Waals surface area contributed by atoms with E-state index in [1.807, 2.05) is 32.9 Å². The highest BCUT2D eigenvalue weighted by molar-refractivity contribution is 6.30. The molecule has 1 fully saturated rings. The average Bonchev–Trinajstić information content (AvgIpc) is 2.68. The van der Waals surface area contributed by atoms with E-state index in [9.17, 15) is 9.18 Å². The van der Waals surface area contributed by atoms with Crippen molar-refractivity contribution < 1.29 is 18.7 Å². The summed E-state index contributed by atoms with van der Waals surface area (Å²) in [6.45, 7) is 8.11. The minimum absolute atomic E-state index is 0.145. The first-order valence-corrected chi connectivity index (χ1v) is 10.0. The Balaban J connectivity index is 0.000000370. The summed E-state index contributed by atoms with van der Waals surface area (Å²) in [5, 5.41) is 3.73. The lowest BCUT2D eigenvalue weighted by Gasteiger charge is -2.22. The Kier molecular flexibility index (Phi) is 8.86. The van der Waals surface area contributed by atoms with Crippen molar-refractivity contribution in [2.24, 2.45) is 0 Å². The predicted octanol–water partition coefficient (Wildman–Crippen LogP) is 4.88.